The second kappa shape index (κ2) is 6.77. The van der Waals surface area contributed by atoms with Gasteiger partial charge in [-0.15, -0.1) is 0 Å². The van der Waals surface area contributed by atoms with Crippen LogP contribution in [-0.2, 0) is 18.3 Å². The zero-order chi connectivity index (χ0) is 19.2. The molecule has 144 valence electrons. The molecule has 0 unspecified atom stereocenters. The Morgan fingerprint density at radius 3 is 2.48 bits per heavy atom. The molecule has 2 heterocycles. The average molecular weight is 372 g/mol. The van der Waals surface area contributed by atoms with Crippen molar-refractivity contribution in [2.45, 2.75) is 57.8 Å². The Labute approximate surface area is 158 Å². The Bertz CT molecular complexity index is 927. The van der Waals surface area contributed by atoms with Gasteiger partial charge in [0.2, 0.25) is 0 Å². The number of nitrogens with zero attached hydrogens (tertiary/aromatic N) is 1. The zero-order valence-electron chi connectivity index (χ0n) is 16.0. The average Bonchev–Trinajstić information content (AvgIpc) is 2.65. The summed E-state index contributed by atoms with van der Waals surface area (Å²) in [5.41, 5.74) is 2.64. The third-order valence-electron chi connectivity index (χ3n) is 6.50. The maximum absolute atomic E-state index is 14.5. The molecule has 5 heteroatoms. The van der Waals surface area contributed by atoms with Crippen molar-refractivity contribution < 1.29 is 8.78 Å². The van der Waals surface area contributed by atoms with E-state index in [0.29, 0.717) is 37.1 Å². The number of pyridine rings is 1. The second-order valence-electron chi connectivity index (χ2n) is 8.27. The molecule has 1 saturated heterocycles. The van der Waals surface area contributed by atoms with Gasteiger partial charge in [-0.1, -0.05) is 6.92 Å². The number of aromatic amines is 1. The van der Waals surface area contributed by atoms with E-state index in [4.69, 9.17) is 0 Å². The van der Waals surface area contributed by atoms with E-state index in [-0.39, 0.29) is 17.2 Å². The van der Waals surface area contributed by atoms with Crippen LogP contribution < -0.4 is 10.5 Å². The van der Waals surface area contributed by atoms with Crippen LogP contribution in [0.3, 0.4) is 0 Å². The first kappa shape index (κ1) is 18.2. The number of halogens is 2. The van der Waals surface area contributed by atoms with Crippen molar-refractivity contribution in [3.8, 4) is 0 Å². The zero-order valence-corrected chi connectivity index (χ0v) is 16.0. The van der Waals surface area contributed by atoms with E-state index in [1.165, 1.54) is 17.7 Å². The lowest BCUT2D eigenvalue weighted by molar-refractivity contribution is 0.344. The number of fused-ring (bicyclic) bond motifs is 1. The van der Waals surface area contributed by atoms with E-state index < -0.39 is 5.41 Å². The number of aryl methyl sites for hydroxylation is 1. The van der Waals surface area contributed by atoms with Gasteiger partial charge < -0.3 is 9.88 Å². The molecule has 0 radical (unpaired) electrons. The molecule has 3 nitrogen and oxygen atoms in total. The summed E-state index contributed by atoms with van der Waals surface area (Å²) in [7, 11) is 0. The summed E-state index contributed by atoms with van der Waals surface area (Å²) in [6, 6.07) is 4.55. The molecule has 2 aromatic rings. The number of aromatic nitrogens is 1. The highest BCUT2D eigenvalue weighted by molar-refractivity contribution is 5.46. The van der Waals surface area contributed by atoms with Crippen molar-refractivity contribution in [1.29, 1.82) is 0 Å². The summed E-state index contributed by atoms with van der Waals surface area (Å²) < 4.78 is 28.5. The van der Waals surface area contributed by atoms with Crippen molar-refractivity contribution in [2.24, 2.45) is 0 Å². The number of benzene rings is 1. The van der Waals surface area contributed by atoms with E-state index in [1.54, 1.807) is 6.92 Å². The summed E-state index contributed by atoms with van der Waals surface area (Å²) in [5.74, 6) is 0.181. The fourth-order valence-electron chi connectivity index (χ4n) is 4.80. The lowest BCUT2D eigenvalue weighted by Gasteiger charge is -2.41. The van der Waals surface area contributed by atoms with Crippen LogP contribution in [0.1, 0.15) is 54.9 Å². The van der Waals surface area contributed by atoms with Crippen molar-refractivity contribution in [1.82, 2.24) is 4.98 Å². The van der Waals surface area contributed by atoms with Crippen molar-refractivity contribution >= 4 is 5.82 Å². The van der Waals surface area contributed by atoms with Gasteiger partial charge in [-0.05, 0) is 85.8 Å². The van der Waals surface area contributed by atoms with E-state index in [9.17, 15) is 13.6 Å². The first-order chi connectivity index (χ1) is 12.9. The molecule has 1 fully saturated rings. The van der Waals surface area contributed by atoms with Crippen LogP contribution in [0.4, 0.5) is 14.6 Å². The maximum atomic E-state index is 14.5. The largest absolute Gasteiger partial charge is 0.358 e. The predicted octanol–water partition coefficient (Wildman–Crippen LogP) is 4.40. The SMILES string of the molecule is Cc1c(F)ccc(F)c1C1(C)CCN(c2cc3c(c(=O)[nH]2)CCCC3)CC1. The van der Waals surface area contributed by atoms with Gasteiger partial charge in [0.1, 0.15) is 17.5 Å². The first-order valence-corrected chi connectivity index (χ1v) is 9.84. The van der Waals surface area contributed by atoms with E-state index in [2.05, 4.69) is 16.0 Å². The van der Waals surface area contributed by atoms with Gasteiger partial charge in [-0.25, -0.2) is 8.78 Å². The number of H-pyrrole nitrogens is 1. The number of piperidine rings is 1. The summed E-state index contributed by atoms with van der Waals surface area (Å²) in [6.45, 7) is 5.10. The number of hydrogen-bond donors (Lipinski definition) is 1. The van der Waals surface area contributed by atoms with Gasteiger partial charge in [0, 0.05) is 18.7 Å². The third kappa shape index (κ3) is 3.17. The minimum atomic E-state index is -0.402. The Balaban J connectivity index is 1.59. The first-order valence-electron chi connectivity index (χ1n) is 9.84. The van der Waals surface area contributed by atoms with Gasteiger partial charge >= 0.3 is 0 Å². The van der Waals surface area contributed by atoms with E-state index >= 15 is 0 Å². The van der Waals surface area contributed by atoms with Crippen LogP contribution in [-0.4, -0.2) is 18.1 Å². The highest BCUT2D eigenvalue weighted by atomic mass is 19.1. The molecule has 2 aliphatic rings. The summed E-state index contributed by atoms with van der Waals surface area (Å²) in [5, 5.41) is 0. The van der Waals surface area contributed by atoms with Crippen LogP contribution in [0.15, 0.2) is 23.0 Å². The molecular formula is C22H26F2N2O. The molecule has 0 atom stereocenters. The number of rotatable bonds is 2. The smallest absolute Gasteiger partial charge is 0.252 e. The van der Waals surface area contributed by atoms with Crippen LogP contribution in [0.2, 0.25) is 0 Å². The fourth-order valence-corrected chi connectivity index (χ4v) is 4.80. The van der Waals surface area contributed by atoms with E-state index in [1.807, 2.05) is 6.92 Å². The molecule has 27 heavy (non-hydrogen) atoms. The van der Waals surface area contributed by atoms with Crippen molar-refractivity contribution in [2.75, 3.05) is 18.0 Å². The molecule has 0 amide bonds. The minimum absolute atomic E-state index is 0.0301. The quantitative estimate of drug-likeness (QED) is 0.848. The normalized spacial score (nSPS) is 19.0. The second-order valence-corrected chi connectivity index (χ2v) is 8.27. The van der Waals surface area contributed by atoms with Gasteiger partial charge in [0.25, 0.3) is 5.56 Å². The monoisotopic (exact) mass is 372 g/mol. The number of hydrogen-bond acceptors (Lipinski definition) is 2. The van der Waals surface area contributed by atoms with Crippen LogP contribution in [0.25, 0.3) is 0 Å². The lowest BCUT2D eigenvalue weighted by atomic mass is 9.72. The van der Waals surface area contributed by atoms with Crippen LogP contribution in [0.5, 0.6) is 0 Å². The molecule has 1 aliphatic heterocycles. The molecular weight excluding hydrogens is 346 g/mol. The topological polar surface area (TPSA) is 36.1 Å². The molecule has 0 saturated carbocycles. The van der Waals surface area contributed by atoms with Gasteiger partial charge in [-0.3, -0.25) is 4.79 Å². The highest BCUT2D eigenvalue weighted by Crippen LogP contribution is 2.39. The van der Waals surface area contributed by atoms with Gasteiger partial charge in [0.15, 0.2) is 0 Å². The molecule has 1 aliphatic carbocycles. The molecule has 1 aromatic carbocycles. The number of anilines is 1. The molecule has 1 aromatic heterocycles. The standard InChI is InChI=1S/C22H26F2N2O/c1-14-17(23)7-8-18(24)20(14)22(2)9-11-26(12-10-22)19-13-15-5-3-4-6-16(15)21(27)25-19/h7-8,13H,3-6,9-12H2,1-2H3,(H,25,27). The Kier molecular flexibility index (Phi) is 4.57. The van der Waals surface area contributed by atoms with Gasteiger partial charge in [-0.2, -0.15) is 0 Å². The highest BCUT2D eigenvalue weighted by Gasteiger charge is 2.36. The summed E-state index contributed by atoms with van der Waals surface area (Å²) in [4.78, 5) is 17.6. The lowest BCUT2D eigenvalue weighted by Crippen LogP contribution is -2.43. The van der Waals surface area contributed by atoms with Crippen molar-refractivity contribution in [3.05, 3.63) is 62.4 Å². The van der Waals surface area contributed by atoms with Crippen LogP contribution >= 0.6 is 0 Å². The van der Waals surface area contributed by atoms with Crippen molar-refractivity contribution in [3.63, 3.8) is 0 Å². The van der Waals surface area contributed by atoms with Gasteiger partial charge in [0.05, 0.1) is 0 Å². The Morgan fingerprint density at radius 2 is 1.74 bits per heavy atom. The summed E-state index contributed by atoms with van der Waals surface area (Å²) in [6.07, 6.45) is 5.47. The Hall–Kier alpha value is -2.17. The molecule has 4 rings (SSSR count). The molecule has 0 bridgehead atoms. The third-order valence-corrected chi connectivity index (χ3v) is 6.50. The maximum Gasteiger partial charge on any atom is 0.252 e. The minimum Gasteiger partial charge on any atom is -0.358 e. The fraction of sp³-hybridized carbons (Fsp3) is 0.500. The predicted molar refractivity (Wildman–Crippen MR) is 104 cm³/mol. The number of nitrogens with one attached hydrogen (secondary N) is 1. The van der Waals surface area contributed by atoms with E-state index in [0.717, 1.165) is 37.1 Å². The molecule has 0 spiro atoms. The Morgan fingerprint density at radius 1 is 1.07 bits per heavy atom. The van der Waals surface area contributed by atoms with Crippen LogP contribution in [0, 0.1) is 18.6 Å². The molecule has 1 N–H and O–H groups in total. The summed E-state index contributed by atoms with van der Waals surface area (Å²) >= 11 is 0.